The number of methoxy groups -OCH3 is 1. The summed E-state index contributed by atoms with van der Waals surface area (Å²) in [5.74, 6) is 2.74. The van der Waals surface area contributed by atoms with Gasteiger partial charge in [-0.15, -0.1) is 0 Å². The fraction of sp³-hybridized carbons (Fsp3) is 0.630. The average molecular weight is 409 g/mol. The van der Waals surface area contributed by atoms with Crippen molar-refractivity contribution in [1.29, 1.82) is 0 Å². The van der Waals surface area contributed by atoms with Gasteiger partial charge in [-0.1, -0.05) is 43.7 Å². The lowest BCUT2D eigenvalue weighted by atomic mass is 9.48. The normalized spacial score (nSPS) is 44.1. The molecule has 7 atom stereocenters. The Morgan fingerprint density at radius 1 is 1.00 bits per heavy atom. The fourth-order valence-electron chi connectivity index (χ4n) is 7.55. The van der Waals surface area contributed by atoms with E-state index in [1.807, 2.05) is 12.1 Å². The quantitative estimate of drug-likeness (QED) is 0.647. The number of aliphatic hydroxyl groups excluding tert-OH is 2. The minimum atomic E-state index is -0.350. The van der Waals surface area contributed by atoms with Gasteiger partial charge in [0.05, 0.1) is 19.3 Å². The second kappa shape index (κ2) is 7.24. The van der Waals surface area contributed by atoms with Crippen LogP contribution in [0, 0.1) is 28.6 Å². The molecule has 0 spiro atoms. The Labute approximate surface area is 180 Å². The van der Waals surface area contributed by atoms with Crippen LogP contribution in [-0.4, -0.2) is 29.5 Å². The summed E-state index contributed by atoms with van der Waals surface area (Å²) in [6.45, 7) is 4.79. The van der Waals surface area contributed by atoms with E-state index in [1.54, 1.807) is 7.11 Å². The predicted octanol–water partition coefficient (Wildman–Crippen LogP) is 5.37. The van der Waals surface area contributed by atoms with E-state index in [-0.39, 0.29) is 23.0 Å². The van der Waals surface area contributed by atoms with Gasteiger partial charge in [0.25, 0.3) is 0 Å². The van der Waals surface area contributed by atoms with Crippen molar-refractivity contribution >= 4 is 6.08 Å². The fourth-order valence-corrected chi connectivity index (χ4v) is 7.55. The van der Waals surface area contributed by atoms with Crippen molar-refractivity contribution in [3.63, 3.8) is 0 Å². The van der Waals surface area contributed by atoms with E-state index in [4.69, 9.17) is 4.74 Å². The molecular weight excluding hydrogens is 372 g/mol. The van der Waals surface area contributed by atoms with E-state index in [9.17, 15) is 10.2 Å². The highest BCUT2D eigenvalue weighted by Gasteiger charge is 2.59. The van der Waals surface area contributed by atoms with E-state index in [0.717, 1.165) is 49.8 Å². The van der Waals surface area contributed by atoms with Crippen LogP contribution in [0.2, 0.25) is 0 Å². The van der Waals surface area contributed by atoms with Crippen LogP contribution in [0.3, 0.4) is 0 Å². The van der Waals surface area contributed by atoms with Crippen LogP contribution in [0.4, 0.5) is 0 Å². The summed E-state index contributed by atoms with van der Waals surface area (Å²) in [5.41, 5.74) is 4.08. The number of hydrogen-bond donors (Lipinski definition) is 2. The summed E-state index contributed by atoms with van der Waals surface area (Å²) >= 11 is 0. The summed E-state index contributed by atoms with van der Waals surface area (Å²) in [7, 11) is 1.69. The molecule has 3 fully saturated rings. The molecule has 2 N–H and O–H groups in total. The first-order chi connectivity index (χ1) is 14.3. The lowest BCUT2D eigenvalue weighted by molar-refractivity contribution is -0.0685. The molecule has 3 saturated carbocycles. The van der Waals surface area contributed by atoms with Gasteiger partial charge in [-0.25, -0.2) is 0 Å². The molecule has 0 radical (unpaired) electrons. The van der Waals surface area contributed by atoms with E-state index < -0.39 is 0 Å². The van der Waals surface area contributed by atoms with E-state index in [1.165, 1.54) is 17.6 Å². The van der Waals surface area contributed by atoms with Crippen LogP contribution >= 0.6 is 0 Å². The number of fused-ring (bicyclic) bond motifs is 5. The van der Waals surface area contributed by atoms with Crippen molar-refractivity contribution in [3.05, 3.63) is 47.1 Å². The van der Waals surface area contributed by atoms with E-state index in [0.29, 0.717) is 17.8 Å². The van der Waals surface area contributed by atoms with Gasteiger partial charge in [0.2, 0.25) is 0 Å². The maximum Gasteiger partial charge on any atom is 0.118 e. The molecule has 1 aromatic rings. The van der Waals surface area contributed by atoms with Crippen LogP contribution in [0.1, 0.15) is 64.4 Å². The SMILES string of the molecule is COc1ccc(/C=C2\C[C@H]3[C@@H]4CC=C5C[C@H](O)CC[C@]5(C)[C@H]4CC[C@]3(C)[C@@H]2O)cc1. The highest BCUT2D eigenvalue weighted by atomic mass is 16.5. The van der Waals surface area contributed by atoms with Gasteiger partial charge in [-0.3, -0.25) is 0 Å². The van der Waals surface area contributed by atoms with Crippen molar-refractivity contribution < 1.29 is 14.9 Å². The zero-order valence-electron chi connectivity index (χ0n) is 18.6. The Hall–Kier alpha value is -1.58. The van der Waals surface area contributed by atoms with Gasteiger partial charge < -0.3 is 14.9 Å². The number of ether oxygens (including phenoxy) is 1. The second-order valence-electron chi connectivity index (χ2n) is 10.8. The first-order valence-corrected chi connectivity index (χ1v) is 11.8. The first kappa shape index (κ1) is 20.3. The topological polar surface area (TPSA) is 49.7 Å². The standard InChI is InChI=1S/C27H36O3/c1-26-12-10-20(28)16-19(26)6-9-22-23(26)11-13-27(2)24(22)15-18(25(27)29)14-17-4-7-21(30-3)8-5-17/h4-8,14,20,22-25,28-29H,9-13,15-16H2,1-3H3/b18-14+/t20-,22-,23+,24+,25-,26+,27+/m1/s1. The third-order valence-corrected chi connectivity index (χ3v) is 9.41. The van der Waals surface area contributed by atoms with Gasteiger partial charge >= 0.3 is 0 Å². The van der Waals surface area contributed by atoms with Crippen molar-refractivity contribution in [2.45, 2.75) is 71.0 Å². The number of aliphatic hydroxyl groups is 2. The van der Waals surface area contributed by atoms with E-state index in [2.05, 4.69) is 38.1 Å². The summed E-state index contributed by atoms with van der Waals surface area (Å²) in [4.78, 5) is 0. The molecule has 162 valence electrons. The summed E-state index contributed by atoms with van der Waals surface area (Å²) < 4.78 is 5.28. The van der Waals surface area contributed by atoms with E-state index >= 15 is 0 Å². The average Bonchev–Trinajstić information content (AvgIpc) is 3.00. The largest absolute Gasteiger partial charge is 0.497 e. The molecule has 0 saturated heterocycles. The molecule has 4 aliphatic carbocycles. The lowest BCUT2D eigenvalue weighted by Gasteiger charge is -2.57. The minimum absolute atomic E-state index is 0.0185. The maximum atomic E-state index is 11.4. The van der Waals surface area contributed by atoms with Gasteiger partial charge in [0.1, 0.15) is 5.75 Å². The van der Waals surface area contributed by atoms with Gasteiger partial charge in [-0.05, 0) is 91.4 Å². The Kier molecular flexibility index (Phi) is 4.91. The van der Waals surface area contributed by atoms with Gasteiger partial charge in [0.15, 0.2) is 0 Å². The molecule has 4 aliphatic rings. The summed E-state index contributed by atoms with van der Waals surface area (Å²) in [6, 6.07) is 8.14. The highest BCUT2D eigenvalue weighted by molar-refractivity contribution is 5.56. The molecule has 3 nitrogen and oxygen atoms in total. The number of rotatable bonds is 2. The number of benzene rings is 1. The number of hydrogen-bond acceptors (Lipinski definition) is 3. The third kappa shape index (κ3) is 3.00. The zero-order valence-corrected chi connectivity index (χ0v) is 18.6. The molecule has 3 heteroatoms. The van der Waals surface area contributed by atoms with Crippen LogP contribution < -0.4 is 4.74 Å². The van der Waals surface area contributed by atoms with Gasteiger partial charge in [-0.2, -0.15) is 0 Å². The first-order valence-electron chi connectivity index (χ1n) is 11.8. The molecule has 0 aliphatic heterocycles. The monoisotopic (exact) mass is 408 g/mol. The molecule has 30 heavy (non-hydrogen) atoms. The van der Waals surface area contributed by atoms with Gasteiger partial charge in [0, 0.05) is 5.41 Å². The Bertz CT molecular complexity index is 869. The molecule has 5 rings (SSSR count). The van der Waals surface area contributed by atoms with Crippen LogP contribution in [0.5, 0.6) is 5.75 Å². The maximum absolute atomic E-state index is 11.4. The molecular formula is C27H36O3. The second-order valence-corrected chi connectivity index (χ2v) is 10.8. The summed E-state index contributed by atoms with van der Waals surface area (Å²) in [6.07, 6.45) is 11.5. The molecule has 0 heterocycles. The molecule has 0 amide bonds. The predicted molar refractivity (Wildman–Crippen MR) is 120 cm³/mol. The zero-order chi connectivity index (χ0) is 21.1. The molecule has 0 unspecified atom stereocenters. The van der Waals surface area contributed by atoms with Crippen LogP contribution in [0.25, 0.3) is 6.08 Å². The van der Waals surface area contributed by atoms with Crippen molar-refractivity contribution in [3.8, 4) is 5.75 Å². The van der Waals surface area contributed by atoms with Crippen molar-refractivity contribution in [2.24, 2.45) is 28.6 Å². The third-order valence-electron chi connectivity index (χ3n) is 9.41. The van der Waals surface area contributed by atoms with Crippen LogP contribution in [-0.2, 0) is 0 Å². The highest BCUT2D eigenvalue weighted by Crippen LogP contribution is 2.65. The number of allylic oxidation sites excluding steroid dienone is 1. The Morgan fingerprint density at radius 2 is 1.77 bits per heavy atom. The molecule has 0 bridgehead atoms. The smallest absolute Gasteiger partial charge is 0.118 e. The molecule has 1 aromatic carbocycles. The Morgan fingerprint density at radius 3 is 2.50 bits per heavy atom. The van der Waals surface area contributed by atoms with Crippen LogP contribution in [0.15, 0.2) is 41.5 Å². The Balaban J connectivity index is 1.44. The lowest BCUT2D eigenvalue weighted by Crippen LogP contribution is -2.51. The van der Waals surface area contributed by atoms with Crippen molar-refractivity contribution in [1.82, 2.24) is 0 Å². The molecule has 0 aromatic heterocycles. The summed E-state index contributed by atoms with van der Waals surface area (Å²) in [5, 5.41) is 21.6. The minimum Gasteiger partial charge on any atom is -0.497 e. The van der Waals surface area contributed by atoms with Crippen molar-refractivity contribution in [2.75, 3.05) is 7.11 Å².